The Morgan fingerprint density at radius 2 is 1.75 bits per heavy atom. The summed E-state index contributed by atoms with van der Waals surface area (Å²) in [6.45, 7) is 8.06. The van der Waals surface area contributed by atoms with Gasteiger partial charge < -0.3 is 24.8 Å². The molecule has 8 heteroatoms. The molecule has 0 bridgehead atoms. The molecule has 2 fully saturated rings. The first-order valence-electron chi connectivity index (χ1n) is 10.9. The van der Waals surface area contributed by atoms with Crippen LogP contribution in [0.1, 0.15) is 33.6 Å². The fraction of sp³-hybridized carbons (Fsp3) is 0.458. The van der Waals surface area contributed by atoms with Gasteiger partial charge in [0, 0.05) is 37.2 Å². The zero-order valence-corrected chi connectivity index (χ0v) is 18.7. The Kier molecular flexibility index (Phi) is 6.01. The number of nitrogen functional groups attached to an aromatic ring is 1. The van der Waals surface area contributed by atoms with E-state index in [1.165, 1.54) is 12.1 Å². The van der Waals surface area contributed by atoms with Gasteiger partial charge in [-0.2, -0.15) is 0 Å². The van der Waals surface area contributed by atoms with Crippen molar-refractivity contribution in [2.75, 3.05) is 42.3 Å². The van der Waals surface area contributed by atoms with Gasteiger partial charge in [-0.05, 0) is 50.6 Å². The lowest BCUT2D eigenvalue weighted by molar-refractivity contribution is -0.169. The second-order valence-electron chi connectivity index (χ2n) is 9.19. The van der Waals surface area contributed by atoms with Crippen LogP contribution in [0.2, 0.25) is 0 Å². The van der Waals surface area contributed by atoms with Crippen molar-refractivity contribution in [1.82, 2.24) is 0 Å². The van der Waals surface area contributed by atoms with Crippen LogP contribution in [-0.2, 0) is 14.2 Å². The number of carbonyl (C=O) groups excluding carboxylic acids is 1. The number of hydrogen-bond acceptors (Lipinski definition) is 6. The fourth-order valence-electron chi connectivity index (χ4n) is 4.12. The quantitative estimate of drug-likeness (QED) is 0.665. The summed E-state index contributed by atoms with van der Waals surface area (Å²) in [5.41, 5.74) is 9.12. The molecule has 0 unspecified atom stereocenters. The van der Waals surface area contributed by atoms with Crippen LogP contribution in [-0.4, -0.2) is 43.8 Å². The molecule has 172 valence electrons. The van der Waals surface area contributed by atoms with Crippen LogP contribution in [0.3, 0.4) is 0 Å². The van der Waals surface area contributed by atoms with E-state index in [4.69, 9.17) is 19.9 Å². The van der Waals surface area contributed by atoms with Gasteiger partial charge in [-0.15, -0.1) is 0 Å². The molecule has 2 heterocycles. The van der Waals surface area contributed by atoms with Gasteiger partial charge >= 0.3 is 6.09 Å². The van der Waals surface area contributed by atoms with Crippen molar-refractivity contribution in [2.24, 2.45) is 0 Å². The smallest absolute Gasteiger partial charge is 0.412 e. The maximum atomic E-state index is 13.5. The average Bonchev–Trinajstić information content (AvgIpc) is 3.17. The van der Waals surface area contributed by atoms with Crippen molar-refractivity contribution in [3.8, 4) is 11.1 Å². The van der Waals surface area contributed by atoms with Crippen molar-refractivity contribution in [2.45, 2.75) is 45.0 Å². The minimum atomic E-state index is -0.627. The van der Waals surface area contributed by atoms with E-state index in [1.807, 2.05) is 12.1 Å². The number of benzene rings is 2. The van der Waals surface area contributed by atoms with E-state index >= 15 is 0 Å². The van der Waals surface area contributed by atoms with E-state index < -0.39 is 17.5 Å². The van der Waals surface area contributed by atoms with Crippen LogP contribution >= 0.6 is 0 Å². The highest BCUT2D eigenvalue weighted by Crippen LogP contribution is 2.40. The Morgan fingerprint density at radius 3 is 2.34 bits per heavy atom. The average molecular weight is 444 g/mol. The molecule has 4 rings (SSSR count). The summed E-state index contributed by atoms with van der Waals surface area (Å²) in [6.07, 6.45) is 0.888. The first kappa shape index (κ1) is 22.4. The second-order valence-corrected chi connectivity index (χ2v) is 9.19. The van der Waals surface area contributed by atoms with Gasteiger partial charge in [-0.1, -0.05) is 12.1 Å². The van der Waals surface area contributed by atoms with Crippen LogP contribution in [0.25, 0.3) is 11.1 Å². The minimum Gasteiger partial charge on any atom is -0.444 e. The number of carbonyl (C=O) groups is 1. The molecule has 0 atom stereocenters. The fourth-order valence-corrected chi connectivity index (χ4v) is 4.12. The van der Waals surface area contributed by atoms with Crippen molar-refractivity contribution < 1.29 is 23.4 Å². The number of piperidine rings is 1. The van der Waals surface area contributed by atoms with E-state index in [9.17, 15) is 9.18 Å². The van der Waals surface area contributed by atoms with Crippen LogP contribution in [0.15, 0.2) is 36.4 Å². The lowest BCUT2D eigenvalue weighted by atomic mass is 9.97. The summed E-state index contributed by atoms with van der Waals surface area (Å²) in [7, 11) is 0. The molecule has 3 N–H and O–H groups in total. The van der Waals surface area contributed by atoms with Crippen molar-refractivity contribution >= 4 is 23.2 Å². The van der Waals surface area contributed by atoms with Gasteiger partial charge in [0.05, 0.1) is 24.6 Å². The van der Waals surface area contributed by atoms with E-state index in [0.717, 1.165) is 29.7 Å². The third-order valence-electron chi connectivity index (χ3n) is 5.64. The van der Waals surface area contributed by atoms with Gasteiger partial charge in [0.15, 0.2) is 5.79 Å². The van der Waals surface area contributed by atoms with Crippen molar-refractivity contribution in [3.63, 3.8) is 0 Å². The molecule has 2 aromatic rings. The molecule has 0 saturated carbocycles. The Hall–Kier alpha value is -2.84. The molecular formula is C24H30FN3O4. The Labute approximate surface area is 187 Å². The van der Waals surface area contributed by atoms with E-state index in [-0.39, 0.29) is 5.82 Å². The van der Waals surface area contributed by atoms with E-state index in [0.29, 0.717) is 37.7 Å². The Morgan fingerprint density at radius 1 is 1.12 bits per heavy atom. The third kappa shape index (κ3) is 4.97. The van der Waals surface area contributed by atoms with Crippen LogP contribution in [0, 0.1) is 5.82 Å². The largest absolute Gasteiger partial charge is 0.444 e. The summed E-state index contributed by atoms with van der Waals surface area (Å²) in [5, 5.41) is 2.76. The SMILES string of the molecule is CC(C)(C)OC(=O)Nc1cc(N2CCC3(CC2)OCCO3)c(-c2ccc(F)cc2)cc1N. The Balaban J connectivity index is 1.66. The molecule has 2 aliphatic rings. The highest BCUT2D eigenvalue weighted by molar-refractivity contribution is 5.94. The molecular weight excluding hydrogens is 413 g/mol. The Bertz CT molecular complexity index is 972. The molecule has 2 saturated heterocycles. The molecule has 32 heavy (non-hydrogen) atoms. The predicted molar refractivity (Wildman–Crippen MR) is 122 cm³/mol. The number of halogens is 1. The number of rotatable bonds is 3. The number of nitrogens with zero attached hydrogens (tertiary/aromatic N) is 1. The van der Waals surface area contributed by atoms with Crippen LogP contribution in [0.4, 0.5) is 26.2 Å². The summed E-state index contributed by atoms with van der Waals surface area (Å²) in [6, 6.07) is 9.96. The number of nitrogens with one attached hydrogen (secondary N) is 1. The molecule has 2 aromatic carbocycles. The maximum absolute atomic E-state index is 13.5. The molecule has 0 radical (unpaired) electrons. The number of anilines is 3. The summed E-state index contributed by atoms with van der Waals surface area (Å²) in [5.74, 6) is -0.806. The van der Waals surface area contributed by atoms with Crippen molar-refractivity contribution in [3.05, 3.63) is 42.2 Å². The number of amides is 1. The second kappa shape index (κ2) is 8.60. The third-order valence-corrected chi connectivity index (χ3v) is 5.64. The summed E-state index contributed by atoms with van der Waals surface area (Å²) < 4.78 is 30.6. The van der Waals surface area contributed by atoms with Crippen molar-refractivity contribution in [1.29, 1.82) is 0 Å². The highest BCUT2D eigenvalue weighted by Gasteiger charge is 2.40. The van der Waals surface area contributed by atoms with Gasteiger partial charge in [-0.25, -0.2) is 9.18 Å². The molecule has 0 aliphatic carbocycles. The van der Waals surface area contributed by atoms with Crippen LogP contribution in [0.5, 0.6) is 0 Å². The molecule has 7 nitrogen and oxygen atoms in total. The monoisotopic (exact) mass is 443 g/mol. The summed E-state index contributed by atoms with van der Waals surface area (Å²) in [4.78, 5) is 14.6. The lowest BCUT2D eigenvalue weighted by Crippen LogP contribution is -2.45. The number of hydrogen-bond donors (Lipinski definition) is 2. The first-order valence-corrected chi connectivity index (χ1v) is 10.9. The van der Waals surface area contributed by atoms with Crippen LogP contribution < -0.4 is 16.0 Å². The van der Waals surface area contributed by atoms with Gasteiger partial charge in [0.1, 0.15) is 11.4 Å². The van der Waals surface area contributed by atoms with Gasteiger partial charge in [0.25, 0.3) is 0 Å². The highest BCUT2D eigenvalue weighted by atomic mass is 19.1. The molecule has 2 aliphatic heterocycles. The zero-order chi connectivity index (χ0) is 22.9. The zero-order valence-electron chi connectivity index (χ0n) is 18.7. The number of nitrogens with two attached hydrogens (primary N) is 1. The van der Waals surface area contributed by atoms with E-state index in [2.05, 4.69) is 10.2 Å². The molecule has 1 amide bonds. The first-order chi connectivity index (χ1) is 15.1. The molecule has 0 aromatic heterocycles. The van der Waals surface area contributed by atoms with Gasteiger partial charge in [0.2, 0.25) is 0 Å². The molecule has 1 spiro atoms. The van der Waals surface area contributed by atoms with Gasteiger partial charge in [-0.3, -0.25) is 5.32 Å². The topological polar surface area (TPSA) is 86.0 Å². The van der Waals surface area contributed by atoms with E-state index in [1.54, 1.807) is 32.9 Å². The summed E-state index contributed by atoms with van der Waals surface area (Å²) >= 11 is 0. The maximum Gasteiger partial charge on any atom is 0.412 e. The number of ether oxygens (including phenoxy) is 3. The minimum absolute atomic E-state index is 0.304. The predicted octanol–water partition coefficient (Wildman–Crippen LogP) is 4.77. The lowest BCUT2D eigenvalue weighted by Gasteiger charge is -2.39. The normalized spacial score (nSPS) is 18.1. The standard InChI is InChI=1S/C24H30FN3O4/c1-23(2,3)32-22(29)27-20-15-21(28-10-8-24(9-11-28)30-12-13-31-24)18(14-19(20)26)16-4-6-17(25)7-5-16/h4-7,14-15H,8-13,26H2,1-3H3,(H,27,29).